The van der Waals surface area contributed by atoms with Crippen LogP contribution in [-0.2, 0) is 20.9 Å². The van der Waals surface area contributed by atoms with Gasteiger partial charge in [0.1, 0.15) is 29.2 Å². The Kier molecular flexibility index (Phi) is 9.57. The predicted octanol–water partition coefficient (Wildman–Crippen LogP) is 3.30. The zero-order valence-corrected chi connectivity index (χ0v) is 31.2. The van der Waals surface area contributed by atoms with Crippen LogP contribution in [0.2, 0.25) is 0 Å². The first-order chi connectivity index (χ1) is 26.5. The molecule has 2 saturated heterocycles. The van der Waals surface area contributed by atoms with Crippen LogP contribution in [0.3, 0.4) is 0 Å². The van der Waals surface area contributed by atoms with Crippen LogP contribution in [0.15, 0.2) is 48.8 Å². The maximum atomic E-state index is 13.6. The van der Waals surface area contributed by atoms with Crippen LogP contribution in [0, 0.1) is 0 Å². The summed E-state index contributed by atoms with van der Waals surface area (Å²) < 4.78 is 2.09. The first kappa shape index (κ1) is 35.9. The zero-order valence-electron chi connectivity index (χ0n) is 31.2. The van der Waals surface area contributed by atoms with Crippen molar-refractivity contribution in [3.8, 4) is 0 Å². The smallest absolute Gasteiger partial charge is 0.270 e. The number of nitrogens with one attached hydrogen (secondary N) is 3. The highest BCUT2D eigenvalue weighted by molar-refractivity contribution is 6.06. The first-order valence-electron chi connectivity index (χ1n) is 18.9. The molecule has 6 heterocycles. The van der Waals surface area contributed by atoms with E-state index < -0.39 is 18.0 Å². The molecule has 8 rings (SSSR count). The maximum absolute atomic E-state index is 13.6. The first-order valence-corrected chi connectivity index (χ1v) is 18.9. The number of pyridine rings is 1. The Bertz CT molecular complexity index is 2170. The van der Waals surface area contributed by atoms with Gasteiger partial charge in [-0.2, -0.15) is 4.98 Å². The van der Waals surface area contributed by atoms with Crippen molar-refractivity contribution in [2.75, 3.05) is 55.8 Å². The standard InChI is InChI=1S/C39H45N11O5/c1-23(42-29-10-6-9-27-28(29)22-49(37(27)54)30-12-14-33(51)44-35(30)52)36(53)48-17-15-47(16-18-48)26-11-13-32(40-21-26)43-39-41-20-24-19-31(38(55)46(2)3)50(34(24)45-39)25-7-4-5-8-25/h6,9-11,13,19-21,23,25,30,42H,4-5,7-8,12,14-18,22H2,1-3H3,(H,44,51,52)(H,40,41,43,45)/t23-,30-/m1/s1. The second-order valence-electron chi connectivity index (χ2n) is 14.9. The summed E-state index contributed by atoms with van der Waals surface area (Å²) in [6.45, 7) is 4.37. The number of rotatable bonds is 9. The number of benzene rings is 1. The van der Waals surface area contributed by atoms with Crippen LogP contribution >= 0.6 is 0 Å². The van der Waals surface area contributed by atoms with Crippen molar-refractivity contribution >= 4 is 63.7 Å². The van der Waals surface area contributed by atoms with E-state index in [4.69, 9.17) is 4.98 Å². The molecule has 3 N–H and O–H groups in total. The Hall–Kier alpha value is -6.06. The van der Waals surface area contributed by atoms with Crippen molar-refractivity contribution in [2.24, 2.45) is 0 Å². The number of piperidine rings is 1. The molecule has 3 aromatic heterocycles. The lowest BCUT2D eigenvalue weighted by Crippen LogP contribution is -2.52. The fraction of sp³-hybridized carbons (Fsp3) is 0.436. The van der Waals surface area contributed by atoms with Crippen molar-refractivity contribution in [3.63, 3.8) is 0 Å². The van der Waals surface area contributed by atoms with E-state index in [1.807, 2.05) is 36.1 Å². The van der Waals surface area contributed by atoms with E-state index in [2.05, 4.69) is 35.4 Å². The number of amides is 5. The second kappa shape index (κ2) is 14.6. The van der Waals surface area contributed by atoms with Crippen molar-refractivity contribution in [1.29, 1.82) is 0 Å². The van der Waals surface area contributed by atoms with Crippen molar-refractivity contribution in [2.45, 2.75) is 70.1 Å². The quantitative estimate of drug-likeness (QED) is 0.214. The Morgan fingerprint density at radius 1 is 0.964 bits per heavy atom. The molecule has 286 valence electrons. The Labute approximate surface area is 318 Å². The number of imide groups is 1. The largest absolute Gasteiger partial charge is 0.374 e. The van der Waals surface area contributed by atoms with E-state index in [1.165, 1.54) is 4.90 Å². The van der Waals surface area contributed by atoms with Gasteiger partial charge >= 0.3 is 0 Å². The topological polar surface area (TPSA) is 178 Å². The number of nitrogens with zero attached hydrogens (tertiary/aromatic N) is 8. The van der Waals surface area contributed by atoms with Gasteiger partial charge in [0.05, 0.1) is 11.9 Å². The molecular weight excluding hydrogens is 703 g/mol. The Morgan fingerprint density at radius 2 is 1.75 bits per heavy atom. The van der Waals surface area contributed by atoms with Crippen LogP contribution in [0.1, 0.15) is 77.9 Å². The minimum atomic E-state index is -0.706. The van der Waals surface area contributed by atoms with E-state index in [0.717, 1.165) is 48.0 Å². The summed E-state index contributed by atoms with van der Waals surface area (Å²) in [5.41, 5.74) is 4.22. The number of anilines is 4. The average Bonchev–Trinajstić information content (AvgIpc) is 3.93. The Balaban J connectivity index is 0.875. The lowest BCUT2D eigenvalue weighted by molar-refractivity contribution is -0.137. The summed E-state index contributed by atoms with van der Waals surface area (Å²) >= 11 is 0. The lowest BCUT2D eigenvalue weighted by atomic mass is 10.0. The van der Waals surface area contributed by atoms with E-state index in [-0.39, 0.29) is 49.1 Å². The SMILES string of the molecule is C[C@@H](Nc1cccc2c1CN([C@@H]1CCC(=O)NC1=O)C2=O)C(=O)N1CCN(c2ccc(Nc3ncc4cc(C(=O)N(C)C)n(C5CCCC5)c4n3)nc2)CC1. The highest BCUT2D eigenvalue weighted by Gasteiger charge is 2.40. The number of carbonyl (C=O) groups excluding carboxylic acids is 5. The molecule has 55 heavy (non-hydrogen) atoms. The van der Waals surface area contributed by atoms with Gasteiger partial charge in [-0.3, -0.25) is 29.3 Å². The molecular formula is C39H45N11O5. The van der Waals surface area contributed by atoms with Gasteiger partial charge in [0.25, 0.3) is 11.8 Å². The Morgan fingerprint density at radius 3 is 2.45 bits per heavy atom. The third-order valence-corrected chi connectivity index (χ3v) is 11.2. The number of fused-ring (bicyclic) bond motifs is 2. The molecule has 3 aliphatic heterocycles. The van der Waals surface area contributed by atoms with E-state index in [0.29, 0.717) is 54.9 Å². The molecule has 0 radical (unpaired) electrons. The maximum Gasteiger partial charge on any atom is 0.270 e. The molecule has 1 aliphatic carbocycles. The molecule has 1 saturated carbocycles. The van der Waals surface area contributed by atoms with Crippen LogP contribution in [0.25, 0.3) is 11.0 Å². The summed E-state index contributed by atoms with van der Waals surface area (Å²) in [7, 11) is 3.52. The summed E-state index contributed by atoms with van der Waals surface area (Å²) in [4.78, 5) is 85.2. The molecule has 3 fully saturated rings. The molecule has 16 nitrogen and oxygen atoms in total. The van der Waals surface area contributed by atoms with Crippen LogP contribution < -0.4 is 20.9 Å². The summed E-state index contributed by atoms with van der Waals surface area (Å²) in [5.74, 6) is -0.142. The molecule has 0 bridgehead atoms. The van der Waals surface area contributed by atoms with Crippen molar-refractivity contribution in [1.82, 2.24) is 39.5 Å². The zero-order chi connectivity index (χ0) is 38.4. The molecule has 4 aromatic rings. The fourth-order valence-electron chi connectivity index (χ4n) is 8.23. The van der Waals surface area contributed by atoms with Crippen molar-refractivity contribution in [3.05, 3.63) is 65.6 Å². The molecule has 1 aromatic carbocycles. The molecule has 0 spiro atoms. The molecule has 0 unspecified atom stereocenters. The van der Waals surface area contributed by atoms with Gasteiger partial charge in [0.15, 0.2) is 0 Å². The number of aromatic nitrogens is 4. The summed E-state index contributed by atoms with van der Waals surface area (Å²) in [5, 5.41) is 9.71. The molecule has 5 amide bonds. The third kappa shape index (κ3) is 6.92. The number of piperazine rings is 1. The minimum absolute atomic E-state index is 0.0458. The molecule has 16 heteroatoms. The van der Waals surface area contributed by atoms with E-state index in [9.17, 15) is 24.0 Å². The van der Waals surface area contributed by atoms with Gasteiger partial charge in [-0.05, 0) is 56.5 Å². The van der Waals surface area contributed by atoms with Crippen LogP contribution in [0.5, 0.6) is 0 Å². The lowest BCUT2D eigenvalue weighted by Gasteiger charge is -2.37. The average molecular weight is 748 g/mol. The van der Waals surface area contributed by atoms with Gasteiger partial charge in [0.2, 0.25) is 23.7 Å². The minimum Gasteiger partial charge on any atom is -0.374 e. The normalized spacial score (nSPS) is 19.4. The van der Waals surface area contributed by atoms with Gasteiger partial charge in [0, 0.05) is 87.7 Å². The number of carbonyl (C=O) groups is 5. The molecule has 2 atom stereocenters. The third-order valence-electron chi connectivity index (χ3n) is 11.2. The van der Waals surface area contributed by atoms with Gasteiger partial charge < -0.3 is 34.8 Å². The fourth-order valence-corrected chi connectivity index (χ4v) is 8.23. The molecule has 4 aliphatic rings. The highest BCUT2D eigenvalue weighted by Crippen LogP contribution is 2.36. The predicted molar refractivity (Wildman–Crippen MR) is 205 cm³/mol. The number of hydrogen-bond acceptors (Lipinski definition) is 11. The monoisotopic (exact) mass is 747 g/mol. The van der Waals surface area contributed by atoms with Crippen molar-refractivity contribution < 1.29 is 24.0 Å². The number of hydrogen-bond donors (Lipinski definition) is 3. The highest BCUT2D eigenvalue weighted by atomic mass is 16.2. The van der Waals surface area contributed by atoms with Crippen LogP contribution in [0.4, 0.5) is 23.1 Å². The van der Waals surface area contributed by atoms with Crippen LogP contribution in [-0.4, -0.2) is 116 Å². The van der Waals surface area contributed by atoms with Gasteiger partial charge in [-0.15, -0.1) is 0 Å². The van der Waals surface area contributed by atoms with E-state index in [1.54, 1.807) is 43.5 Å². The van der Waals surface area contributed by atoms with E-state index >= 15 is 0 Å². The van der Waals surface area contributed by atoms with Gasteiger partial charge in [-0.1, -0.05) is 18.9 Å². The summed E-state index contributed by atoms with van der Waals surface area (Å²) in [6, 6.07) is 10.1. The summed E-state index contributed by atoms with van der Waals surface area (Å²) in [6.07, 6.45) is 8.30. The van der Waals surface area contributed by atoms with Gasteiger partial charge in [-0.25, -0.2) is 9.97 Å². The second-order valence-corrected chi connectivity index (χ2v) is 14.9.